The SMILES string of the molecule is COc1ccc(C(=O)Nc2cccc(CN3C(=O)[C@@]4(O[C@@H](CC(=O)N5Cc6ccccc6C[C@H]5CO)[C@H]([Si](C)(C)c5ccc(OC)cc5)[C@H]4C)c4cc([N+](=O)[O-])ccc43)c2)cc1. The highest BCUT2D eigenvalue weighted by molar-refractivity contribution is 6.91. The van der Waals surface area contributed by atoms with E-state index >= 15 is 4.79 Å². The van der Waals surface area contributed by atoms with E-state index in [9.17, 15) is 24.8 Å². The van der Waals surface area contributed by atoms with Crippen LogP contribution in [0.15, 0.2) is 115 Å². The van der Waals surface area contributed by atoms with Gasteiger partial charge < -0.3 is 34.4 Å². The van der Waals surface area contributed by atoms with Gasteiger partial charge in [-0.05, 0) is 83.2 Å². The first kappa shape index (κ1) is 42.3. The summed E-state index contributed by atoms with van der Waals surface area (Å²) in [4.78, 5) is 58.5. The highest BCUT2D eigenvalue weighted by atomic mass is 28.3. The Labute approximate surface area is 361 Å². The standard InChI is InChI=1S/C48H50N4O9Si/c1-30-45(62(4,5)40-20-18-39(60-3)19-21-40)43(26-44(54)50-28-34-11-7-6-10-33(34)24-37(50)29-53)61-48(30)41-25-36(52(57)58)15-22-42(41)51(47(48)56)27-31-9-8-12-35(23-31)49-46(55)32-13-16-38(59-2)17-14-32/h6-23,25,30,37,43,45,53H,24,26-29H2,1-5H3,(H,49,55)/t30-,37+,43+,45-,48+/m1/s1. The maximum atomic E-state index is 15.5. The number of nitro benzene ring substituents is 1. The summed E-state index contributed by atoms with van der Waals surface area (Å²) >= 11 is 0. The van der Waals surface area contributed by atoms with Gasteiger partial charge in [-0.1, -0.05) is 73.7 Å². The van der Waals surface area contributed by atoms with E-state index in [4.69, 9.17) is 14.2 Å². The molecule has 3 aliphatic rings. The van der Waals surface area contributed by atoms with Crippen molar-refractivity contribution in [3.05, 3.63) is 153 Å². The smallest absolute Gasteiger partial charge is 0.269 e. The van der Waals surface area contributed by atoms with Crippen LogP contribution in [-0.4, -0.2) is 73.7 Å². The van der Waals surface area contributed by atoms with Crippen LogP contribution in [0.1, 0.15) is 46.0 Å². The molecule has 13 nitrogen and oxygen atoms in total. The number of aliphatic hydroxyl groups excluding tert-OH is 1. The second kappa shape index (κ2) is 16.8. The van der Waals surface area contributed by atoms with E-state index in [0.717, 1.165) is 16.3 Å². The molecule has 0 saturated carbocycles. The Bertz CT molecular complexity index is 2530. The van der Waals surface area contributed by atoms with Crippen LogP contribution < -0.4 is 24.9 Å². The number of hydrogen-bond donors (Lipinski definition) is 2. The van der Waals surface area contributed by atoms with E-state index in [2.05, 4.69) is 18.4 Å². The topological polar surface area (TPSA) is 161 Å². The van der Waals surface area contributed by atoms with Crippen molar-refractivity contribution in [3.8, 4) is 11.5 Å². The number of amides is 3. The third-order valence-corrected chi connectivity index (χ3v) is 17.5. The zero-order chi connectivity index (χ0) is 43.9. The average molecular weight is 855 g/mol. The molecule has 3 aliphatic heterocycles. The minimum atomic E-state index is -2.69. The quantitative estimate of drug-likeness (QED) is 0.0768. The molecule has 3 heterocycles. The first-order valence-corrected chi connectivity index (χ1v) is 23.8. The summed E-state index contributed by atoms with van der Waals surface area (Å²) in [6, 6.07) is 33.8. The molecule has 0 aromatic heterocycles. The molecule has 62 heavy (non-hydrogen) atoms. The predicted octanol–water partition coefficient (Wildman–Crippen LogP) is 6.96. The van der Waals surface area contributed by atoms with Gasteiger partial charge in [0.1, 0.15) is 11.5 Å². The van der Waals surface area contributed by atoms with Crippen molar-refractivity contribution in [2.45, 2.75) is 69.2 Å². The Kier molecular flexibility index (Phi) is 11.5. The minimum absolute atomic E-state index is 0.0600. The molecule has 14 heteroatoms. The summed E-state index contributed by atoms with van der Waals surface area (Å²) in [5.74, 6) is -0.109. The van der Waals surface area contributed by atoms with Crippen LogP contribution in [0.2, 0.25) is 18.6 Å². The Morgan fingerprint density at radius 3 is 2.26 bits per heavy atom. The lowest BCUT2D eigenvalue weighted by molar-refractivity contribution is -0.385. The van der Waals surface area contributed by atoms with Crippen molar-refractivity contribution < 1.29 is 38.6 Å². The summed E-state index contributed by atoms with van der Waals surface area (Å²) in [5.41, 5.74) is 2.45. The molecule has 0 aliphatic carbocycles. The predicted molar refractivity (Wildman–Crippen MR) is 237 cm³/mol. The summed E-state index contributed by atoms with van der Waals surface area (Å²) in [6.07, 6.45) is -0.308. The molecule has 0 bridgehead atoms. The maximum Gasteiger partial charge on any atom is 0.269 e. The summed E-state index contributed by atoms with van der Waals surface area (Å²) in [5, 5.41) is 26.9. The van der Waals surface area contributed by atoms with Crippen molar-refractivity contribution in [2.24, 2.45) is 5.92 Å². The number of carbonyl (C=O) groups is 3. The van der Waals surface area contributed by atoms with Crippen LogP contribution in [0.3, 0.4) is 0 Å². The van der Waals surface area contributed by atoms with Crippen molar-refractivity contribution in [3.63, 3.8) is 0 Å². The lowest BCUT2D eigenvalue weighted by atomic mass is 9.82. The molecule has 1 fully saturated rings. The largest absolute Gasteiger partial charge is 0.497 e. The van der Waals surface area contributed by atoms with E-state index in [1.807, 2.05) is 61.5 Å². The van der Waals surface area contributed by atoms with E-state index in [0.29, 0.717) is 52.5 Å². The average Bonchev–Trinajstić information content (AvgIpc) is 3.71. The summed E-state index contributed by atoms with van der Waals surface area (Å²) < 4.78 is 17.9. The zero-order valence-corrected chi connectivity index (χ0v) is 36.4. The molecular weight excluding hydrogens is 805 g/mol. The first-order valence-electron chi connectivity index (χ1n) is 20.7. The van der Waals surface area contributed by atoms with Crippen molar-refractivity contribution in [1.82, 2.24) is 4.90 Å². The molecule has 2 N–H and O–H groups in total. The van der Waals surface area contributed by atoms with Crippen LogP contribution in [0.4, 0.5) is 17.1 Å². The van der Waals surface area contributed by atoms with Crippen LogP contribution >= 0.6 is 0 Å². The van der Waals surface area contributed by atoms with Crippen molar-refractivity contribution >= 4 is 48.0 Å². The normalized spacial score (nSPS) is 21.7. The number of hydrogen-bond acceptors (Lipinski definition) is 9. The third-order valence-electron chi connectivity index (χ3n) is 13.2. The fourth-order valence-electron chi connectivity index (χ4n) is 9.98. The number of fused-ring (bicyclic) bond motifs is 3. The summed E-state index contributed by atoms with van der Waals surface area (Å²) in [6.45, 7) is 6.59. The number of non-ortho nitro benzene ring substituents is 1. The molecule has 5 aromatic carbocycles. The van der Waals surface area contributed by atoms with Gasteiger partial charge >= 0.3 is 0 Å². The van der Waals surface area contributed by atoms with E-state index in [-0.39, 0.29) is 48.5 Å². The monoisotopic (exact) mass is 854 g/mol. The van der Waals surface area contributed by atoms with Gasteiger partial charge in [0.2, 0.25) is 5.91 Å². The van der Waals surface area contributed by atoms with E-state index < -0.39 is 36.7 Å². The number of nitro groups is 1. The number of ether oxygens (including phenoxy) is 3. The van der Waals surface area contributed by atoms with Crippen LogP contribution in [0, 0.1) is 16.0 Å². The van der Waals surface area contributed by atoms with Gasteiger partial charge in [0.05, 0.1) is 64.6 Å². The summed E-state index contributed by atoms with van der Waals surface area (Å²) in [7, 11) is 0.470. The molecule has 320 valence electrons. The Balaban J connectivity index is 1.17. The number of anilines is 2. The molecule has 3 amide bonds. The van der Waals surface area contributed by atoms with Gasteiger partial charge in [-0.3, -0.25) is 24.5 Å². The lowest BCUT2D eigenvalue weighted by Gasteiger charge is -2.39. The zero-order valence-electron chi connectivity index (χ0n) is 35.4. The maximum absolute atomic E-state index is 15.5. The number of nitrogens with zero attached hydrogens (tertiary/aromatic N) is 3. The highest BCUT2D eigenvalue weighted by Gasteiger charge is 2.67. The fraction of sp³-hybridized carbons (Fsp3) is 0.312. The first-order chi connectivity index (χ1) is 29.8. The molecule has 5 atom stereocenters. The van der Waals surface area contributed by atoms with Crippen LogP contribution in [-0.2, 0) is 39.4 Å². The molecule has 1 spiro atoms. The van der Waals surface area contributed by atoms with E-state index in [1.165, 1.54) is 12.1 Å². The number of nitrogens with one attached hydrogen (secondary N) is 1. The third kappa shape index (κ3) is 7.52. The number of carbonyl (C=O) groups excluding carboxylic acids is 3. The van der Waals surface area contributed by atoms with Crippen molar-refractivity contribution in [1.29, 1.82) is 0 Å². The second-order valence-corrected chi connectivity index (χ2v) is 21.6. The van der Waals surface area contributed by atoms with Gasteiger partial charge in [0.25, 0.3) is 17.5 Å². The fourth-order valence-corrected chi connectivity index (χ4v) is 14.0. The number of aliphatic hydroxyl groups is 1. The number of benzene rings is 5. The van der Waals surface area contributed by atoms with Gasteiger partial charge in [0.15, 0.2) is 5.60 Å². The molecule has 8 rings (SSSR count). The van der Waals surface area contributed by atoms with Gasteiger partial charge in [-0.15, -0.1) is 0 Å². The molecule has 1 saturated heterocycles. The van der Waals surface area contributed by atoms with Gasteiger partial charge in [-0.25, -0.2) is 0 Å². The Morgan fingerprint density at radius 1 is 0.919 bits per heavy atom. The Hall–Kier alpha value is -6.35. The molecule has 0 unspecified atom stereocenters. The number of methoxy groups -OCH3 is 2. The molecule has 5 aromatic rings. The molecular formula is C48H50N4O9Si. The van der Waals surface area contributed by atoms with Gasteiger partial charge in [-0.2, -0.15) is 0 Å². The minimum Gasteiger partial charge on any atom is -0.497 e. The Morgan fingerprint density at radius 2 is 1.60 bits per heavy atom. The second-order valence-electron chi connectivity index (χ2n) is 16.9. The van der Waals surface area contributed by atoms with Gasteiger partial charge in [0, 0.05) is 41.4 Å². The van der Waals surface area contributed by atoms with Crippen LogP contribution in [0.5, 0.6) is 11.5 Å². The molecule has 0 radical (unpaired) electrons. The van der Waals surface area contributed by atoms with Crippen molar-refractivity contribution in [2.75, 3.05) is 31.0 Å². The highest BCUT2D eigenvalue weighted by Crippen LogP contribution is 2.60. The van der Waals surface area contributed by atoms with Crippen LogP contribution in [0.25, 0.3) is 0 Å². The lowest BCUT2D eigenvalue weighted by Crippen LogP contribution is -2.52. The van der Waals surface area contributed by atoms with E-state index in [1.54, 1.807) is 72.6 Å². The number of rotatable bonds is 12.